The van der Waals surface area contributed by atoms with Crippen molar-refractivity contribution in [3.8, 4) is 0 Å². The van der Waals surface area contributed by atoms with E-state index < -0.39 is 5.97 Å². The second kappa shape index (κ2) is 3.95. The van der Waals surface area contributed by atoms with Crippen molar-refractivity contribution in [3.05, 3.63) is 58.0 Å². The van der Waals surface area contributed by atoms with Crippen molar-refractivity contribution in [1.82, 2.24) is 0 Å². The van der Waals surface area contributed by atoms with Gasteiger partial charge >= 0.3 is 5.97 Å². The molecule has 0 aromatic heterocycles. The molecule has 1 N–H and O–H groups in total. The molecule has 0 saturated carbocycles. The molecular weight excluding hydrogens is 236 g/mol. The van der Waals surface area contributed by atoms with Gasteiger partial charge in [0.25, 0.3) is 0 Å². The normalized spacial score (nSPS) is 24.0. The van der Waals surface area contributed by atoms with Gasteiger partial charge in [0, 0.05) is 5.41 Å². The SMILES string of the molecule is CC1=C2C=c3ccccc3=C2C=CC1(C)CC(=O)O. The summed E-state index contributed by atoms with van der Waals surface area (Å²) in [5.41, 5.74) is 3.16. The summed E-state index contributed by atoms with van der Waals surface area (Å²) in [6, 6.07) is 8.29. The second-order valence-corrected chi connectivity index (χ2v) is 5.51. The van der Waals surface area contributed by atoms with Crippen molar-refractivity contribution in [2.75, 3.05) is 0 Å². The Bertz CT molecular complexity index is 750. The summed E-state index contributed by atoms with van der Waals surface area (Å²) in [6.45, 7) is 4.04. The van der Waals surface area contributed by atoms with Gasteiger partial charge in [0.05, 0.1) is 6.42 Å². The third-order valence-electron chi connectivity index (χ3n) is 4.24. The number of fused-ring (bicyclic) bond motifs is 2. The van der Waals surface area contributed by atoms with Gasteiger partial charge in [-0.25, -0.2) is 0 Å². The lowest BCUT2D eigenvalue weighted by molar-refractivity contribution is -0.138. The van der Waals surface area contributed by atoms with Crippen LogP contribution >= 0.6 is 0 Å². The predicted octanol–water partition coefficient (Wildman–Crippen LogP) is 2.00. The van der Waals surface area contributed by atoms with Gasteiger partial charge in [0.15, 0.2) is 0 Å². The average Bonchev–Trinajstić information content (AvgIpc) is 2.72. The topological polar surface area (TPSA) is 37.3 Å². The molecule has 0 spiro atoms. The van der Waals surface area contributed by atoms with E-state index in [0.29, 0.717) is 0 Å². The predicted molar refractivity (Wildman–Crippen MR) is 75.8 cm³/mol. The Morgan fingerprint density at radius 1 is 1.26 bits per heavy atom. The van der Waals surface area contributed by atoms with Gasteiger partial charge in [-0.3, -0.25) is 4.79 Å². The zero-order valence-electron chi connectivity index (χ0n) is 11.1. The lowest BCUT2D eigenvalue weighted by Gasteiger charge is -2.30. The Hall–Kier alpha value is -2.09. The first-order valence-electron chi connectivity index (χ1n) is 6.45. The van der Waals surface area contributed by atoms with E-state index in [1.165, 1.54) is 21.6 Å². The number of aliphatic carboxylic acids is 1. The third kappa shape index (κ3) is 1.75. The molecule has 0 amide bonds. The molecule has 0 radical (unpaired) electrons. The molecule has 3 rings (SSSR count). The lowest BCUT2D eigenvalue weighted by Crippen LogP contribution is -2.24. The van der Waals surface area contributed by atoms with E-state index in [1.807, 2.05) is 32.1 Å². The van der Waals surface area contributed by atoms with E-state index in [9.17, 15) is 4.79 Å². The summed E-state index contributed by atoms with van der Waals surface area (Å²) >= 11 is 0. The van der Waals surface area contributed by atoms with Crippen molar-refractivity contribution in [2.24, 2.45) is 5.41 Å². The van der Waals surface area contributed by atoms with Crippen LogP contribution < -0.4 is 10.4 Å². The summed E-state index contributed by atoms with van der Waals surface area (Å²) in [4.78, 5) is 11.1. The number of rotatable bonds is 2. The average molecular weight is 252 g/mol. The number of hydrogen-bond acceptors (Lipinski definition) is 1. The molecule has 1 aromatic rings. The van der Waals surface area contributed by atoms with Crippen LogP contribution in [0.4, 0.5) is 0 Å². The number of allylic oxidation sites excluding steroid dienone is 4. The van der Waals surface area contributed by atoms with Crippen molar-refractivity contribution in [2.45, 2.75) is 20.3 Å². The van der Waals surface area contributed by atoms with Crippen LogP contribution in [0, 0.1) is 5.41 Å². The smallest absolute Gasteiger partial charge is 0.304 e. The molecule has 0 bridgehead atoms. The summed E-state index contributed by atoms with van der Waals surface area (Å²) in [5, 5.41) is 11.5. The maximum absolute atomic E-state index is 11.1. The molecule has 2 aliphatic carbocycles. The van der Waals surface area contributed by atoms with Crippen LogP contribution in [-0.2, 0) is 4.79 Å². The Kier molecular flexibility index (Phi) is 2.49. The number of hydrogen-bond donors (Lipinski definition) is 1. The summed E-state index contributed by atoms with van der Waals surface area (Å²) in [7, 11) is 0. The Labute approximate surface area is 112 Å². The minimum atomic E-state index is -0.758. The van der Waals surface area contributed by atoms with Crippen molar-refractivity contribution in [1.29, 1.82) is 0 Å². The first-order chi connectivity index (χ1) is 9.01. The van der Waals surface area contributed by atoms with E-state index >= 15 is 0 Å². The number of benzene rings is 1. The van der Waals surface area contributed by atoms with Gasteiger partial charge < -0.3 is 5.11 Å². The molecule has 1 unspecified atom stereocenters. The molecule has 19 heavy (non-hydrogen) atoms. The molecule has 0 saturated heterocycles. The first kappa shape index (κ1) is 12.0. The standard InChI is InChI=1S/C17H16O2/c1-11-15-9-12-5-3-4-6-13(12)14(15)7-8-17(11,2)10-16(18)19/h3-9H,10H2,1-2H3,(H,18,19). The first-order valence-corrected chi connectivity index (χ1v) is 6.45. The number of carboxylic acids is 1. The van der Waals surface area contributed by atoms with Crippen molar-refractivity contribution in [3.63, 3.8) is 0 Å². The fourth-order valence-electron chi connectivity index (χ4n) is 2.94. The van der Waals surface area contributed by atoms with Crippen LogP contribution in [0.3, 0.4) is 0 Å². The number of carboxylic acid groups (broad SMARTS) is 1. The fraction of sp³-hybridized carbons (Fsp3) is 0.235. The van der Waals surface area contributed by atoms with E-state index in [1.54, 1.807) is 0 Å². The number of carbonyl (C=O) groups is 1. The highest BCUT2D eigenvalue weighted by Crippen LogP contribution is 2.41. The van der Waals surface area contributed by atoms with E-state index in [2.05, 4.69) is 24.3 Å². The Morgan fingerprint density at radius 3 is 2.74 bits per heavy atom. The van der Waals surface area contributed by atoms with E-state index in [-0.39, 0.29) is 11.8 Å². The highest BCUT2D eigenvalue weighted by molar-refractivity contribution is 5.90. The van der Waals surface area contributed by atoms with Crippen LogP contribution in [-0.4, -0.2) is 11.1 Å². The van der Waals surface area contributed by atoms with Crippen LogP contribution in [0.2, 0.25) is 0 Å². The van der Waals surface area contributed by atoms with E-state index in [0.717, 1.165) is 5.57 Å². The fourth-order valence-corrected chi connectivity index (χ4v) is 2.94. The second-order valence-electron chi connectivity index (χ2n) is 5.51. The summed E-state index contributed by atoms with van der Waals surface area (Å²) < 4.78 is 0. The monoisotopic (exact) mass is 252 g/mol. The van der Waals surface area contributed by atoms with Crippen LogP contribution in [0.15, 0.2) is 47.6 Å². The lowest BCUT2D eigenvalue weighted by atomic mass is 9.73. The van der Waals surface area contributed by atoms with Gasteiger partial charge in [0.1, 0.15) is 0 Å². The summed E-state index contributed by atoms with van der Waals surface area (Å²) in [5.74, 6) is -0.758. The van der Waals surface area contributed by atoms with Crippen LogP contribution in [0.1, 0.15) is 20.3 Å². The molecule has 1 atom stereocenters. The Morgan fingerprint density at radius 2 is 2.00 bits per heavy atom. The zero-order chi connectivity index (χ0) is 13.6. The van der Waals surface area contributed by atoms with Crippen LogP contribution in [0.25, 0.3) is 11.6 Å². The van der Waals surface area contributed by atoms with Gasteiger partial charge in [-0.05, 0) is 34.6 Å². The highest BCUT2D eigenvalue weighted by Gasteiger charge is 2.32. The molecule has 96 valence electrons. The van der Waals surface area contributed by atoms with Gasteiger partial charge in [-0.2, -0.15) is 0 Å². The van der Waals surface area contributed by atoms with Gasteiger partial charge in [-0.1, -0.05) is 48.9 Å². The summed E-state index contributed by atoms with van der Waals surface area (Å²) in [6.07, 6.45) is 6.42. The van der Waals surface area contributed by atoms with Crippen LogP contribution in [0.5, 0.6) is 0 Å². The molecule has 2 nitrogen and oxygen atoms in total. The maximum atomic E-state index is 11.1. The largest absolute Gasteiger partial charge is 0.481 e. The minimum Gasteiger partial charge on any atom is -0.481 e. The zero-order valence-corrected chi connectivity index (χ0v) is 11.1. The third-order valence-corrected chi connectivity index (χ3v) is 4.24. The van der Waals surface area contributed by atoms with Gasteiger partial charge in [-0.15, -0.1) is 0 Å². The molecule has 0 aliphatic heterocycles. The molecular formula is C17H16O2. The molecule has 0 fully saturated rings. The highest BCUT2D eigenvalue weighted by atomic mass is 16.4. The Balaban J connectivity index is 2.22. The minimum absolute atomic E-state index is 0.135. The molecule has 2 aliphatic rings. The van der Waals surface area contributed by atoms with Crippen molar-refractivity contribution < 1.29 is 9.90 Å². The molecule has 1 aromatic carbocycles. The molecule has 0 heterocycles. The maximum Gasteiger partial charge on any atom is 0.304 e. The van der Waals surface area contributed by atoms with E-state index in [4.69, 9.17) is 5.11 Å². The van der Waals surface area contributed by atoms with Gasteiger partial charge in [0.2, 0.25) is 0 Å². The quantitative estimate of drug-likeness (QED) is 0.874. The molecule has 2 heteroatoms. The van der Waals surface area contributed by atoms with Crippen molar-refractivity contribution >= 4 is 17.6 Å².